The molecular formula is C96H87F6N3. The highest BCUT2D eigenvalue weighted by atomic mass is 19.4. The highest BCUT2D eigenvalue weighted by Gasteiger charge is 2.72. The number of para-hydroxylation sites is 1. The minimum absolute atomic E-state index is 0.167. The van der Waals surface area contributed by atoms with Crippen LogP contribution in [0.2, 0.25) is 0 Å². The van der Waals surface area contributed by atoms with Crippen LogP contribution in [0.25, 0.3) is 61.0 Å². The van der Waals surface area contributed by atoms with Crippen molar-refractivity contribution in [1.29, 1.82) is 0 Å². The van der Waals surface area contributed by atoms with Crippen LogP contribution in [0, 0.1) is 11.8 Å². The van der Waals surface area contributed by atoms with E-state index in [2.05, 4.69) is 142 Å². The minimum atomic E-state index is -5.85. The lowest BCUT2D eigenvalue weighted by Crippen LogP contribution is -2.54. The van der Waals surface area contributed by atoms with Crippen LogP contribution in [0.3, 0.4) is 0 Å². The Kier molecular flexibility index (Phi) is 20.6. The van der Waals surface area contributed by atoms with Gasteiger partial charge in [0.25, 0.3) is 0 Å². The summed E-state index contributed by atoms with van der Waals surface area (Å²) in [4.78, 5) is 5.99. The Labute approximate surface area is 614 Å². The highest BCUT2D eigenvalue weighted by molar-refractivity contribution is 6.01. The van der Waals surface area contributed by atoms with Crippen molar-refractivity contribution < 1.29 is 26.3 Å². The van der Waals surface area contributed by atoms with Gasteiger partial charge >= 0.3 is 12.4 Å². The largest absolute Gasteiger partial charge is 0.411 e. The van der Waals surface area contributed by atoms with E-state index in [0.29, 0.717) is 46.0 Å². The second-order valence-electron chi connectivity index (χ2n) is 28.2. The summed E-state index contributed by atoms with van der Waals surface area (Å²) in [5.74, 6) is 1.13. The lowest BCUT2D eigenvalue weighted by Gasteiger charge is -2.39. The SMILES string of the molecule is C=Cc1ccc(N(c2ccccc2)c2ccc(-c3ccc(N(c4ccc(C(c5ccc(N(c6ccc(-c7ccc8c(c7)C(CC(CC)CCCC)(CC(CC)CCCC)c7ccccc7-8)cc6)c6cccc7ccccc67)cc5)(C(F)(F)F)C(F)(F)F)cc4)c4cccc5ccccc45)cc3)cc2)cc1. The summed E-state index contributed by atoms with van der Waals surface area (Å²) < 4.78 is 98.6. The van der Waals surface area contributed by atoms with Crippen LogP contribution in [-0.2, 0) is 10.8 Å². The Bertz CT molecular complexity index is 5080. The van der Waals surface area contributed by atoms with Gasteiger partial charge in [0, 0.05) is 56.0 Å². The number of hydrogen-bond acceptors (Lipinski definition) is 3. The first-order valence-electron chi connectivity index (χ1n) is 37.1. The van der Waals surface area contributed by atoms with Crippen LogP contribution in [0.4, 0.5) is 77.5 Å². The maximum absolute atomic E-state index is 16.4. The number of fused-ring (bicyclic) bond motifs is 5. The van der Waals surface area contributed by atoms with Gasteiger partial charge in [0.15, 0.2) is 0 Å². The topological polar surface area (TPSA) is 9.72 Å². The molecule has 0 spiro atoms. The Morgan fingerprint density at radius 2 is 0.714 bits per heavy atom. The van der Waals surface area contributed by atoms with Gasteiger partial charge in [0.2, 0.25) is 5.41 Å². The van der Waals surface area contributed by atoms with Crippen molar-refractivity contribution in [2.75, 3.05) is 14.7 Å². The average Bonchev–Trinajstić information content (AvgIpc) is 1.58. The van der Waals surface area contributed by atoms with Crippen LogP contribution < -0.4 is 14.7 Å². The summed E-state index contributed by atoms with van der Waals surface area (Å²) in [6.07, 6.45) is 1.65. The summed E-state index contributed by atoms with van der Waals surface area (Å²) in [6, 6.07) is 95.3. The molecule has 1 aliphatic carbocycles. The Balaban J connectivity index is 0.813. The second kappa shape index (κ2) is 30.4. The first-order chi connectivity index (χ1) is 51.1. The molecule has 0 amide bonds. The second-order valence-corrected chi connectivity index (χ2v) is 28.2. The molecule has 105 heavy (non-hydrogen) atoms. The van der Waals surface area contributed by atoms with Crippen molar-refractivity contribution in [1.82, 2.24) is 0 Å². The zero-order valence-electron chi connectivity index (χ0n) is 60.0. The fourth-order valence-corrected chi connectivity index (χ4v) is 16.6. The molecule has 2 unspecified atom stereocenters. The van der Waals surface area contributed by atoms with Crippen LogP contribution in [0.5, 0.6) is 0 Å². The first kappa shape index (κ1) is 71.1. The fourth-order valence-electron chi connectivity index (χ4n) is 16.6. The van der Waals surface area contributed by atoms with Crippen LogP contribution >= 0.6 is 0 Å². The van der Waals surface area contributed by atoms with Crippen LogP contribution in [0.15, 0.2) is 310 Å². The molecule has 0 aromatic heterocycles. The summed E-state index contributed by atoms with van der Waals surface area (Å²) in [7, 11) is 0. The third-order valence-corrected chi connectivity index (χ3v) is 22.1. The van der Waals surface area contributed by atoms with E-state index < -0.39 is 28.9 Å². The molecule has 1 aliphatic rings. The predicted octanol–water partition coefficient (Wildman–Crippen LogP) is 29.3. The van der Waals surface area contributed by atoms with Gasteiger partial charge < -0.3 is 14.7 Å². The molecule has 0 saturated carbocycles. The molecule has 0 bridgehead atoms. The molecule has 3 nitrogen and oxygen atoms in total. The van der Waals surface area contributed by atoms with E-state index in [4.69, 9.17) is 0 Å². The highest BCUT2D eigenvalue weighted by Crippen LogP contribution is 2.59. The van der Waals surface area contributed by atoms with Gasteiger partial charge in [0.05, 0.1) is 11.4 Å². The number of rotatable bonds is 26. The van der Waals surface area contributed by atoms with Gasteiger partial charge in [-0.15, -0.1) is 0 Å². The van der Waals surface area contributed by atoms with Crippen molar-refractivity contribution in [3.8, 4) is 33.4 Å². The standard InChI is InChI=1S/C96H87F6N3/c1-6-11-24-68(9-4)65-93(66-69(10-5)25-12-7-2)89-35-21-20-34-87(89)88-63-46-75(64-90(88)93)72-44-57-82(58-45-72)105(92-37-23-29-74-27-17-19-33-86(74)92)84-61-49-77(50-62-84)94(95(97,98)99,96(100,101)102)76-47-59-83(60-48-76)104(91-36-22-28-73-26-16-18-32-85(73)91)81-55-42-71(43-56-81)70-40-53-80(54-41-70)103(78-30-14-13-15-31-78)79-51-38-67(8-3)39-52-79/h8,13-23,26-64,68-69H,3,6-7,9-12,24-25,65-66H2,1-2,4-5H3. The smallest absolute Gasteiger partial charge is 0.311 e. The van der Waals surface area contributed by atoms with E-state index in [1.165, 1.54) is 72.2 Å². The van der Waals surface area contributed by atoms with Gasteiger partial charge in [-0.25, -0.2) is 0 Å². The van der Waals surface area contributed by atoms with E-state index >= 15 is 26.3 Å². The van der Waals surface area contributed by atoms with E-state index in [1.807, 2.05) is 168 Å². The first-order valence-corrected chi connectivity index (χ1v) is 37.1. The predicted molar refractivity (Wildman–Crippen MR) is 428 cm³/mol. The third-order valence-electron chi connectivity index (χ3n) is 22.1. The number of anilines is 9. The monoisotopic (exact) mass is 1400 g/mol. The summed E-state index contributed by atoms with van der Waals surface area (Å²) in [6.45, 7) is 13.2. The fraction of sp³-hybridized carbons (Fsp3) is 0.208. The zero-order chi connectivity index (χ0) is 72.9. The zero-order valence-corrected chi connectivity index (χ0v) is 60.0. The molecule has 0 aliphatic heterocycles. The van der Waals surface area contributed by atoms with Crippen molar-refractivity contribution >= 4 is 78.8 Å². The number of nitrogens with zero attached hydrogens (tertiary/aromatic N) is 3. The average molecular weight is 1400 g/mol. The minimum Gasteiger partial charge on any atom is -0.311 e. The molecule has 2 atom stereocenters. The molecule has 9 heteroatoms. The van der Waals surface area contributed by atoms with Crippen LogP contribution in [-0.4, -0.2) is 12.4 Å². The lowest BCUT2D eigenvalue weighted by molar-refractivity contribution is -0.288. The maximum Gasteiger partial charge on any atom is 0.411 e. The van der Waals surface area contributed by atoms with Gasteiger partial charge in [0.1, 0.15) is 0 Å². The molecule has 0 radical (unpaired) electrons. The van der Waals surface area contributed by atoms with Gasteiger partial charge in [-0.1, -0.05) is 292 Å². The number of benzene rings is 13. The van der Waals surface area contributed by atoms with Crippen LogP contribution in [0.1, 0.15) is 120 Å². The number of alkyl halides is 6. The van der Waals surface area contributed by atoms with Gasteiger partial charge in [-0.05, 0) is 200 Å². The van der Waals surface area contributed by atoms with Crippen molar-refractivity contribution in [3.05, 3.63) is 338 Å². The molecule has 528 valence electrons. The van der Waals surface area contributed by atoms with Gasteiger partial charge in [-0.3, -0.25) is 0 Å². The maximum atomic E-state index is 16.4. The summed E-state index contributed by atoms with van der Waals surface area (Å²) in [5, 5.41) is 3.52. The molecule has 0 fully saturated rings. The number of halogens is 6. The normalized spacial score (nSPS) is 14.2. The van der Waals surface area contributed by atoms with Crippen molar-refractivity contribution in [3.63, 3.8) is 0 Å². The third kappa shape index (κ3) is 13.7. The quantitative estimate of drug-likeness (QED) is 0.0500. The van der Waals surface area contributed by atoms with Crippen molar-refractivity contribution in [2.24, 2.45) is 11.8 Å². The molecular weight excluding hydrogens is 1310 g/mol. The molecule has 0 saturated heterocycles. The summed E-state index contributed by atoms with van der Waals surface area (Å²) in [5.41, 5.74) is 10.2. The molecule has 13 aromatic rings. The van der Waals surface area contributed by atoms with E-state index in [9.17, 15) is 0 Å². The number of hydrogen-bond donors (Lipinski definition) is 0. The van der Waals surface area contributed by atoms with E-state index in [1.54, 1.807) is 0 Å². The molecule has 0 N–H and O–H groups in total. The van der Waals surface area contributed by atoms with Gasteiger partial charge in [-0.2, -0.15) is 26.3 Å². The van der Waals surface area contributed by atoms with E-state index in [0.717, 1.165) is 129 Å². The molecule has 14 rings (SSSR count). The number of unbranched alkanes of at least 4 members (excludes halogenated alkanes) is 2. The Hall–Kier alpha value is -10.9. The lowest BCUT2D eigenvalue weighted by atomic mass is 9.65. The van der Waals surface area contributed by atoms with E-state index in [-0.39, 0.29) is 5.41 Å². The molecule has 13 aromatic carbocycles. The Morgan fingerprint density at radius 1 is 0.352 bits per heavy atom. The van der Waals surface area contributed by atoms with Crippen molar-refractivity contribution in [2.45, 2.75) is 115 Å². The summed E-state index contributed by atoms with van der Waals surface area (Å²) >= 11 is 0. The Morgan fingerprint density at radius 3 is 1.15 bits per heavy atom. The molecule has 0 heterocycles.